The molecule has 110 valence electrons. The van der Waals surface area contributed by atoms with E-state index in [1.165, 1.54) is 18.5 Å². The van der Waals surface area contributed by atoms with E-state index < -0.39 is 12.0 Å². The fourth-order valence-corrected chi connectivity index (χ4v) is 3.07. The fourth-order valence-electron chi connectivity index (χ4n) is 1.59. The minimum Gasteiger partial charge on any atom is -0.478 e. The van der Waals surface area contributed by atoms with Crippen molar-refractivity contribution >= 4 is 45.0 Å². The third-order valence-corrected chi connectivity index (χ3v) is 4.21. The summed E-state index contributed by atoms with van der Waals surface area (Å²) in [6, 6.07) is 4.91. The zero-order valence-corrected chi connectivity index (χ0v) is 13.2. The molecular weight excluding hydrogens is 358 g/mol. The number of hydrogen-bond acceptors (Lipinski definition) is 4. The van der Waals surface area contributed by atoms with Gasteiger partial charge in [-0.25, -0.2) is 9.59 Å². The number of halogens is 1. The summed E-state index contributed by atoms with van der Waals surface area (Å²) in [5.74, 6) is -1.09. The summed E-state index contributed by atoms with van der Waals surface area (Å²) >= 11 is 5.00. The minimum atomic E-state index is -1.09. The lowest BCUT2D eigenvalue weighted by molar-refractivity contribution is 0.0696. The largest absolute Gasteiger partial charge is 0.478 e. The molecule has 2 heterocycles. The number of carboxylic acids is 1. The van der Waals surface area contributed by atoms with Gasteiger partial charge in [-0.05, 0) is 40.5 Å². The SMILES string of the molecule is O=C(NCCc1ccc(Br)s1)Nc1cncc(C(=O)O)c1. The first-order valence-electron chi connectivity index (χ1n) is 6.02. The number of amides is 2. The van der Waals surface area contributed by atoms with Crippen molar-refractivity contribution < 1.29 is 14.7 Å². The number of carboxylic acid groups (broad SMARTS) is 1. The Hall–Kier alpha value is -1.93. The van der Waals surface area contributed by atoms with Gasteiger partial charge in [-0.15, -0.1) is 11.3 Å². The van der Waals surface area contributed by atoms with Crippen LogP contribution in [0.1, 0.15) is 15.2 Å². The maximum atomic E-state index is 11.7. The van der Waals surface area contributed by atoms with Crippen molar-refractivity contribution in [3.05, 3.63) is 44.8 Å². The zero-order chi connectivity index (χ0) is 15.2. The number of hydrogen-bond donors (Lipinski definition) is 3. The molecule has 2 rings (SSSR count). The van der Waals surface area contributed by atoms with Gasteiger partial charge in [0.1, 0.15) is 0 Å². The van der Waals surface area contributed by atoms with E-state index in [1.54, 1.807) is 11.3 Å². The number of carbonyl (C=O) groups excluding carboxylic acids is 1. The van der Waals surface area contributed by atoms with Gasteiger partial charge in [-0.3, -0.25) is 4.98 Å². The number of aromatic carboxylic acids is 1. The van der Waals surface area contributed by atoms with Crippen LogP contribution < -0.4 is 10.6 Å². The minimum absolute atomic E-state index is 0.0243. The van der Waals surface area contributed by atoms with Crippen LogP contribution in [0.25, 0.3) is 0 Å². The van der Waals surface area contributed by atoms with Gasteiger partial charge in [0.2, 0.25) is 0 Å². The van der Waals surface area contributed by atoms with Gasteiger partial charge >= 0.3 is 12.0 Å². The van der Waals surface area contributed by atoms with Crippen LogP contribution in [0.4, 0.5) is 10.5 Å². The average molecular weight is 370 g/mol. The molecule has 21 heavy (non-hydrogen) atoms. The predicted octanol–water partition coefficient (Wildman–Crippen LogP) is 2.97. The van der Waals surface area contributed by atoms with Crippen LogP contribution in [0.15, 0.2) is 34.4 Å². The van der Waals surface area contributed by atoms with E-state index in [4.69, 9.17) is 5.11 Å². The Bertz CT molecular complexity index is 660. The Balaban J connectivity index is 1.81. The van der Waals surface area contributed by atoms with Crippen LogP contribution in [0.5, 0.6) is 0 Å². The smallest absolute Gasteiger partial charge is 0.337 e. The second-order valence-electron chi connectivity index (χ2n) is 4.10. The maximum Gasteiger partial charge on any atom is 0.337 e. The molecule has 0 aliphatic heterocycles. The molecule has 0 fully saturated rings. The molecule has 2 aromatic heterocycles. The van der Waals surface area contributed by atoms with Crippen molar-refractivity contribution in [2.75, 3.05) is 11.9 Å². The number of rotatable bonds is 5. The van der Waals surface area contributed by atoms with Crippen molar-refractivity contribution in [2.24, 2.45) is 0 Å². The third kappa shape index (κ3) is 4.83. The van der Waals surface area contributed by atoms with Crippen LogP contribution >= 0.6 is 27.3 Å². The van der Waals surface area contributed by atoms with Gasteiger partial charge in [0.25, 0.3) is 0 Å². The molecule has 3 N–H and O–H groups in total. The van der Waals surface area contributed by atoms with Gasteiger partial charge in [0, 0.05) is 17.6 Å². The Morgan fingerprint density at radius 1 is 1.33 bits per heavy atom. The van der Waals surface area contributed by atoms with E-state index in [0.717, 1.165) is 15.1 Å². The first-order valence-corrected chi connectivity index (χ1v) is 7.63. The quantitative estimate of drug-likeness (QED) is 0.755. The highest BCUT2D eigenvalue weighted by molar-refractivity contribution is 9.11. The molecule has 0 bridgehead atoms. The number of nitrogens with one attached hydrogen (secondary N) is 2. The van der Waals surface area contributed by atoms with E-state index in [0.29, 0.717) is 12.2 Å². The molecule has 2 amide bonds. The number of thiophene rings is 1. The van der Waals surface area contributed by atoms with Gasteiger partial charge in [-0.2, -0.15) is 0 Å². The summed E-state index contributed by atoms with van der Waals surface area (Å²) in [6.45, 7) is 0.491. The molecule has 0 aliphatic rings. The third-order valence-electron chi connectivity index (χ3n) is 2.53. The first kappa shape index (κ1) is 15.5. The molecular formula is C13H12BrN3O3S. The Labute approximate surface area is 133 Å². The lowest BCUT2D eigenvalue weighted by atomic mass is 10.2. The molecule has 0 radical (unpaired) electrons. The van der Waals surface area contributed by atoms with Crippen LogP contribution in [0, 0.1) is 0 Å². The second kappa shape index (κ2) is 7.19. The highest BCUT2D eigenvalue weighted by atomic mass is 79.9. The molecule has 6 nitrogen and oxygen atoms in total. The number of aromatic nitrogens is 1. The van der Waals surface area contributed by atoms with Crippen molar-refractivity contribution in [3.63, 3.8) is 0 Å². The van der Waals surface area contributed by atoms with Crippen molar-refractivity contribution in [1.82, 2.24) is 10.3 Å². The monoisotopic (exact) mass is 369 g/mol. The van der Waals surface area contributed by atoms with E-state index >= 15 is 0 Å². The summed E-state index contributed by atoms with van der Waals surface area (Å²) in [5, 5.41) is 14.1. The molecule has 0 aromatic carbocycles. The predicted molar refractivity (Wildman–Crippen MR) is 83.9 cm³/mol. The van der Waals surface area contributed by atoms with E-state index in [-0.39, 0.29) is 5.56 Å². The van der Waals surface area contributed by atoms with E-state index in [9.17, 15) is 9.59 Å². The number of nitrogens with zero attached hydrogens (tertiary/aromatic N) is 1. The molecule has 0 saturated carbocycles. The Morgan fingerprint density at radius 3 is 2.81 bits per heavy atom. The number of urea groups is 1. The standard InChI is InChI=1S/C13H12BrN3O3S/c14-11-2-1-10(21-11)3-4-16-13(20)17-9-5-8(12(18)19)6-15-7-9/h1-2,5-7H,3-4H2,(H,18,19)(H2,16,17,20). The van der Waals surface area contributed by atoms with Gasteiger partial charge < -0.3 is 15.7 Å². The summed E-state index contributed by atoms with van der Waals surface area (Å²) < 4.78 is 1.05. The molecule has 0 saturated heterocycles. The number of carbonyl (C=O) groups is 2. The average Bonchev–Trinajstić information content (AvgIpc) is 2.84. The molecule has 8 heteroatoms. The second-order valence-corrected chi connectivity index (χ2v) is 6.65. The summed E-state index contributed by atoms with van der Waals surface area (Å²) in [5.41, 5.74) is 0.363. The molecule has 0 spiro atoms. The highest BCUT2D eigenvalue weighted by Crippen LogP contribution is 2.22. The van der Waals surface area contributed by atoms with E-state index in [1.807, 2.05) is 12.1 Å². The number of pyridine rings is 1. The highest BCUT2D eigenvalue weighted by Gasteiger charge is 2.07. The van der Waals surface area contributed by atoms with E-state index in [2.05, 4.69) is 31.5 Å². The fraction of sp³-hybridized carbons (Fsp3) is 0.154. The van der Waals surface area contributed by atoms with Crippen LogP contribution in [-0.2, 0) is 6.42 Å². The van der Waals surface area contributed by atoms with Crippen LogP contribution in [0.2, 0.25) is 0 Å². The lowest BCUT2D eigenvalue weighted by Crippen LogP contribution is -2.30. The Morgan fingerprint density at radius 2 is 2.14 bits per heavy atom. The summed E-state index contributed by atoms with van der Waals surface area (Å²) in [7, 11) is 0. The lowest BCUT2D eigenvalue weighted by Gasteiger charge is -2.07. The summed E-state index contributed by atoms with van der Waals surface area (Å²) in [6.07, 6.45) is 3.35. The normalized spacial score (nSPS) is 10.1. The van der Waals surface area contributed by atoms with Crippen molar-refractivity contribution in [1.29, 1.82) is 0 Å². The van der Waals surface area contributed by atoms with Crippen molar-refractivity contribution in [3.8, 4) is 0 Å². The van der Waals surface area contributed by atoms with Gasteiger partial charge in [0.05, 0.1) is 21.2 Å². The zero-order valence-electron chi connectivity index (χ0n) is 10.8. The molecule has 0 unspecified atom stereocenters. The summed E-state index contributed by atoms with van der Waals surface area (Å²) in [4.78, 5) is 27.4. The van der Waals surface area contributed by atoms with Gasteiger partial charge in [0.15, 0.2) is 0 Å². The molecule has 2 aromatic rings. The topological polar surface area (TPSA) is 91.3 Å². The van der Waals surface area contributed by atoms with Crippen molar-refractivity contribution in [2.45, 2.75) is 6.42 Å². The van der Waals surface area contributed by atoms with Gasteiger partial charge in [-0.1, -0.05) is 0 Å². The maximum absolute atomic E-state index is 11.7. The molecule has 0 aliphatic carbocycles. The van der Waals surface area contributed by atoms with Crippen LogP contribution in [-0.4, -0.2) is 28.6 Å². The number of anilines is 1. The molecule has 0 atom stereocenters. The first-order chi connectivity index (χ1) is 10.0. The van der Waals surface area contributed by atoms with Crippen LogP contribution in [0.3, 0.4) is 0 Å². The Kier molecular flexibility index (Phi) is 5.29.